The maximum absolute atomic E-state index is 13.6. The lowest BCUT2D eigenvalue weighted by atomic mass is 10.0. The van der Waals surface area contributed by atoms with Crippen LogP contribution < -0.4 is 5.32 Å². The molecule has 2 N–H and O–H groups in total. The standard InChI is InChI=1S/C21H15F4NO2/c1-12-10-15(11-18(22)19(12)27)20(28)26-17-8-4-14(5-9-17)13-2-6-16(7-3-13)21(23,24)25/h2-11,27H,1H3,(H,26,28). The molecule has 0 aliphatic carbocycles. The second-order valence-electron chi connectivity index (χ2n) is 6.23. The number of alkyl halides is 3. The van der Waals surface area contributed by atoms with Crippen LogP contribution in [0.25, 0.3) is 11.1 Å². The van der Waals surface area contributed by atoms with Gasteiger partial charge in [0.1, 0.15) is 0 Å². The summed E-state index contributed by atoms with van der Waals surface area (Å²) in [6, 6.07) is 13.6. The van der Waals surface area contributed by atoms with Crippen molar-refractivity contribution in [2.24, 2.45) is 0 Å². The third-order valence-electron chi connectivity index (χ3n) is 4.20. The lowest BCUT2D eigenvalue weighted by Gasteiger charge is -2.10. The fourth-order valence-corrected chi connectivity index (χ4v) is 2.67. The molecule has 3 aromatic carbocycles. The Balaban J connectivity index is 1.75. The fraction of sp³-hybridized carbons (Fsp3) is 0.0952. The number of phenolic OH excluding ortho intramolecular Hbond substituents is 1. The first kappa shape index (κ1) is 19.4. The lowest BCUT2D eigenvalue weighted by Crippen LogP contribution is -2.12. The molecule has 0 fully saturated rings. The minimum atomic E-state index is -4.39. The van der Waals surface area contributed by atoms with Crippen molar-refractivity contribution in [2.75, 3.05) is 5.32 Å². The number of aryl methyl sites for hydroxylation is 1. The number of phenols is 1. The van der Waals surface area contributed by atoms with Crippen LogP contribution in [0.15, 0.2) is 60.7 Å². The van der Waals surface area contributed by atoms with Crippen LogP contribution in [0.2, 0.25) is 0 Å². The molecule has 3 nitrogen and oxygen atoms in total. The van der Waals surface area contributed by atoms with E-state index in [4.69, 9.17) is 0 Å². The van der Waals surface area contributed by atoms with Gasteiger partial charge in [-0.15, -0.1) is 0 Å². The number of nitrogens with one attached hydrogen (secondary N) is 1. The highest BCUT2D eigenvalue weighted by atomic mass is 19.4. The van der Waals surface area contributed by atoms with E-state index in [0.29, 0.717) is 16.8 Å². The molecule has 0 aliphatic rings. The number of carbonyl (C=O) groups excluding carboxylic acids is 1. The number of hydrogen-bond donors (Lipinski definition) is 2. The fourth-order valence-electron chi connectivity index (χ4n) is 2.67. The predicted octanol–water partition coefficient (Wildman–Crippen LogP) is 5.78. The van der Waals surface area contributed by atoms with Gasteiger partial charge in [0, 0.05) is 11.3 Å². The van der Waals surface area contributed by atoms with Crippen molar-refractivity contribution >= 4 is 11.6 Å². The van der Waals surface area contributed by atoms with Gasteiger partial charge < -0.3 is 10.4 Å². The van der Waals surface area contributed by atoms with Gasteiger partial charge in [0.25, 0.3) is 5.91 Å². The molecule has 28 heavy (non-hydrogen) atoms. The van der Waals surface area contributed by atoms with Gasteiger partial charge in [-0.05, 0) is 60.0 Å². The van der Waals surface area contributed by atoms with Crippen molar-refractivity contribution in [3.63, 3.8) is 0 Å². The molecule has 0 aromatic heterocycles. The number of aromatic hydroxyl groups is 1. The summed E-state index contributed by atoms with van der Waals surface area (Å²) in [5, 5.41) is 12.0. The van der Waals surface area contributed by atoms with E-state index in [9.17, 15) is 27.5 Å². The van der Waals surface area contributed by atoms with E-state index in [1.54, 1.807) is 24.3 Å². The summed E-state index contributed by atoms with van der Waals surface area (Å²) in [6.45, 7) is 1.48. The van der Waals surface area contributed by atoms with Crippen molar-refractivity contribution in [1.29, 1.82) is 0 Å². The van der Waals surface area contributed by atoms with Crippen LogP contribution in [0.3, 0.4) is 0 Å². The van der Waals surface area contributed by atoms with E-state index in [1.807, 2.05) is 0 Å². The number of rotatable bonds is 3. The Hall–Kier alpha value is -3.35. The molecule has 1 amide bonds. The maximum Gasteiger partial charge on any atom is 0.416 e. The Labute approximate surface area is 158 Å². The second-order valence-corrected chi connectivity index (χ2v) is 6.23. The van der Waals surface area contributed by atoms with Gasteiger partial charge in [-0.25, -0.2) is 4.39 Å². The van der Waals surface area contributed by atoms with Gasteiger partial charge in [0.05, 0.1) is 5.56 Å². The first-order chi connectivity index (χ1) is 13.1. The monoisotopic (exact) mass is 389 g/mol. The molecule has 0 aliphatic heterocycles. The van der Waals surface area contributed by atoms with Crippen molar-refractivity contribution < 1.29 is 27.5 Å². The van der Waals surface area contributed by atoms with E-state index in [-0.39, 0.29) is 11.1 Å². The molecule has 0 saturated heterocycles. The number of benzene rings is 3. The molecule has 0 saturated carbocycles. The first-order valence-corrected chi connectivity index (χ1v) is 8.23. The molecular formula is C21H15F4NO2. The molecule has 0 atom stereocenters. The van der Waals surface area contributed by atoms with Crippen LogP contribution in [0.4, 0.5) is 23.2 Å². The van der Waals surface area contributed by atoms with Crippen molar-refractivity contribution in [3.05, 3.63) is 83.2 Å². The van der Waals surface area contributed by atoms with E-state index in [0.717, 1.165) is 18.2 Å². The Morgan fingerprint density at radius 1 is 0.929 bits per heavy atom. The average molecular weight is 389 g/mol. The quantitative estimate of drug-likeness (QED) is 0.558. The van der Waals surface area contributed by atoms with Gasteiger partial charge >= 0.3 is 6.18 Å². The summed E-state index contributed by atoms with van der Waals surface area (Å²) >= 11 is 0. The Bertz CT molecular complexity index is 987. The minimum Gasteiger partial charge on any atom is -0.505 e. The molecule has 144 valence electrons. The zero-order valence-corrected chi connectivity index (χ0v) is 14.6. The largest absolute Gasteiger partial charge is 0.505 e. The number of anilines is 1. The minimum absolute atomic E-state index is 0.0552. The highest BCUT2D eigenvalue weighted by molar-refractivity contribution is 6.04. The van der Waals surface area contributed by atoms with Crippen molar-refractivity contribution in [2.45, 2.75) is 13.1 Å². The highest BCUT2D eigenvalue weighted by Crippen LogP contribution is 2.31. The second kappa shape index (κ2) is 7.34. The summed E-state index contributed by atoms with van der Waals surface area (Å²) in [5.74, 6) is -1.94. The van der Waals surface area contributed by atoms with Crippen LogP contribution in [0.1, 0.15) is 21.5 Å². The van der Waals surface area contributed by atoms with Gasteiger partial charge in [0.2, 0.25) is 0 Å². The molecule has 3 aromatic rings. The normalized spacial score (nSPS) is 11.3. The van der Waals surface area contributed by atoms with Crippen LogP contribution >= 0.6 is 0 Å². The van der Waals surface area contributed by atoms with Crippen LogP contribution in [0, 0.1) is 12.7 Å². The highest BCUT2D eigenvalue weighted by Gasteiger charge is 2.29. The molecule has 7 heteroatoms. The number of hydrogen-bond acceptors (Lipinski definition) is 2. The Kier molecular flexibility index (Phi) is 5.09. The summed E-state index contributed by atoms with van der Waals surface area (Å²) in [7, 11) is 0. The molecular weight excluding hydrogens is 374 g/mol. The van der Waals surface area contributed by atoms with E-state index >= 15 is 0 Å². The zero-order chi connectivity index (χ0) is 20.5. The number of amides is 1. The van der Waals surface area contributed by atoms with Gasteiger partial charge in [-0.1, -0.05) is 24.3 Å². The molecule has 0 spiro atoms. The van der Waals surface area contributed by atoms with Crippen LogP contribution in [-0.4, -0.2) is 11.0 Å². The zero-order valence-electron chi connectivity index (χ0n) is 14.6. The SMILES string of the molecule is Cc1cc(C(=O)Nc2ccc(-c3ccc(C(F)(F)F)cc3)cc2)cc(F)c1O. The molecule has 3 rings (SSSR count). The number of halogens is 4. The van der Waals surface area contributed by atoms with Gasteiger partial charge in [-0.2, -0.15) is 13.2 Å². The Morgan fingerprint density at radius 3 is 1.96 bits per heavy atom. The Morgan fingerprint density at radius 2 is 1.46 bits per heavy atom. The van der Waals surface area contributed by atoms with Crippen LogP contribution in [0.5, 0.6) is 5.75 Å². The summed E-state index contributed by atoms with van der Waals surface area (Å²) in [5.41, 5.74) is 1.28. The summed E-state index contributed by atoms with van der Waals surface area (Å²) < 4.78 is 51.5. The predicted molar refractivity (Wildman–Crippen MR) is 97.6 cm³/mol. The first-order valence-electron chi connectivity index (χ1n) is 8.23. The molecule has 0 bridgehead atoms. The summed E-state index contributed by atoms with van der Waals surface area (Å²) in [6.07, 6.45) is -4.39. The lowest BCUT2D eigenvalue weighted by molar-refractivity contribution is -0.137. The third kappa shape index (κ3) is 4.14. The average Bonchev–Trinajstić information content (AvgIpc) is 2.65. The maximum atomic E-state index is 13.6. The van der Waals surface area contributed by atoms with E-state index < -0.39 is 29.2 Å². The van der Waals surface area contributed by atoms with Crippen LogP contribution in [-0.2, 0) is 6.18 Å². The smallest absolute Gasteiger partial charge is 0.416 e. The number of carbonyl (C=O) groups is 1. The summed E-state index contributed by atoms with van der Waals surface area (Å²) in [4.78, 5) is 12.3. The van der Waals surface area contributed by atoms with Crippen molar-refractivity contribution in [1.82, 2.24) is 0 Å². The van der Waals surface area contributed by atoms with Gasteiger partial charge in [0.15, 0.2) is 11.6 Å². The van der Waals surface area contributed by atoms with E-state index in [2.05, 4.69) is 5.32 Å². The van der Waals surface area contributed by atoms with E-state index in [1.165, 1.54) is 25.1 Å². The molecule has 0 heterocycles. The van der Waals surface area contributed by atoms with Gasteiger partial charge in [-0.3, -0.25) is 4.79 Å². The molecule has 0 radical (unpaired) electrons. The third-order valence-corrected chi connectivity index (χ3v) is 4.20. The topological polar surface area (TPSA) is 49.3 Å². The van der Waals surface area contributed by atoms with Crippen molar-refractivity contribution in [3.8, 4) is 16.9 Å². The molecule has 0 unspecified atom stereocenters.